The molecule has 0 aliphatic carbocycles. The second-order valence-electron chi connectivity index (χ2n) is 12.8. The van der Waals surface area contributed by atoms with Crippen molar-refractivity contribution in [3.8, 4) is 5.69 Å². The van der Waals surface area contributed by atoms with Gasteiger partial charge in [0.05, 0.1) is 0 Å². The summed E-state index contributed by atoms with van der Waals surface area (Å²) in [6, 6.07) is 41.2. The maximum atomic E-state index is 4.11. The molecule has 0 atom stereocenters. The van der Waals surface area contributed by atoms with Crippen molar-refractivity contribution in [1.29, 1.82) is 0 Å². The molecule has 0 bridgehead atoms. The van der Waals surface area contributed by atoms with E-state index < -0.39 is 6.39 Å². The molecule has 7 heteroatoms. The van der Waals surface area contributed by atoms with Gasteiger partial charge in [-0.15, -0.1) is 0 Å². The molecule has 1 N–H and O–H groups in total. The maximum absolute atomic E-state index is 4.11. The van der Waals surface area contributed by atoms with Crippen LogP contribution in [0.25, 0.3) is 27.5 Å². The quantitative estimate of drug-likeness (QED) is 0.262. The molecule has 0 amide bonds. The van der Waals surface area contributed by atoms with Crippen LogP contribution in [0.1, 0.15) is 25.0 Å². The van der Waals surface area contributed by atoms with Crippen LogP contribution in [0.4, 0.5) is 5.69 Å². The Morgan fingerprint density at radius 2 is 1.50 bits per heavy atom. The molecule has 185 valence electrons. The van der Waals surface area contributed by atoms with Crippen molar-refractivity contribution in [3.63, 3.8) is 0 Å². The molecule has 2 fully saturated rings. The summed E-state index contributed by atoms with van der Waals surface area (Å²) in [5.41, 5.74) is 12.5. The minimum absolute atomic E-state index is 0.0573. The van der Waals surface area contributed by atoms with Crippen molar-refractivity contribution in [2.45, 2.75) is 19.3 Å². The van der Waals surface area contributed by atoms with Crippen LogP contribution < -0.4 is 26.8 Å². The van der Waals surface area contributed by atoms with Gasteiger partial charge in [-0.1, -0.05) is 0 Å². The average molecular weight is 524 g/mol. The van der Waals surface area contributed by atoms with Gasteiger partial charge in [0.2, 0.25) is 0 Å². The number of benzene rings is 5. The fourth-order valence-corrected chi connectivity index (χ4v) is 13.4. The van der Waals surface area contributed by atoms with Gasteiger partial charge in [-0.05, 0) is 0 Å². The predicted octanol–water partition coefficient (Wildman–Crippen LogP) is 4.71. The topological polar surface area (TPSA) is 17.0 Å². The summed E-state index contributed by atoms with van der Waals surface area (Å²) in [6.45, 7) is 10.3. The fourth-order valence-electron chi connectivity index (χ4n) is 8.34. The zero-order valence-corrected chi connectivity index (χ0v) is 23.5. The van der Waals surface area contributed by atoms with Gasteiger partial charge in [-0.2, -0.15) is 0 Å². The summed E-state index contributed by atoms with van der Waals surface area (Å²) >= 11 is 0. The molecule has 2 saturated heterocycles. The number of aromatic nitrogens is 1. The van der Waals surface area contributed by atoms with E-state index in [9.17, 15) is 0 Å². The summed E-state index contributed by atoms with van der Waals surface area (Å²) < 4.78 is 2.57. The Balaban J connectivity index is 1.34. The first-order valence-corrected chi connectivity index (χ1v) is 16.8. The first kappa shape index (κ1) is 22.1. The van der Waals surface area contributed by atoms with Crippen LogP contribution >= 0.6 is 6.39 Å². The standard InChI is InChI=1S/C33H25B4N2P/c1-33(2)25-14-7-8-16-27(25)36-28-20-22(40(34-37(40)35-40)38-21-11-4-3-5-12-21)19-24-23-13-6-9-17-29(23)39(32(24)28)30-18-10-15-26(33)31(30)36/h3-20,38H,1-2H3/q-1. The number of rotatable bonds is 3. The van der Waals surface area contributed by atoms with Crippen LogP contribution in [0.3, 0.4) is 0 Å². The molecule has 5 aromatic carbocycles. The van der Waals surface area contributed by atoms with Crippen molar-refractivity contribution in [2.24, 2.45) is 0 Å². The second-order valence-corrected chi connectivity index (χ2v) is 17.4. The van der Waals surface area contributed by atoms with Crippen molar-refractivity contribution in [3.05, 3.63) is 120 Å². The zero-order chi connectivity index (χ0) is 26.5. The van der Waals surface area contributed by atoms with Crippen molar-refractivity contribution < 1.29 is 0 Å². The molecule has 6 aromatic rings. The molecular formula is C33H25B4N2P-. The minimum atomic E-state index is -2.38. The van der Waals surface area contributed by atoms with Gasteiger partial charge in [0.25, 0.3) is 0 Å². The van der Waals surface area contributed by atoms with E-state index in [1.165, 1.54) is 66.0 Å². The van der Waals surface area contributed by atoms with Crippen LogP contribution in [-0.4, -0.2) is 31.3 Å². The van der Waals surface area contributed by atoms with Crippen molar-refractivity contribution in [1.82, 2.24) is 4.57 Å². The van der Waals surface area contributed by atoms with Crippen molar-refractivity contribution >= 4 is 82.3 Å². The molecule has 4 aliphatic heterocycles. The second kappa shape index (κ2) is 6.81. The third kappa shape index (κ3) is 2.40. The molecule has 0 spiro atoms. The Labute approximate surface area is 236 Å². The summed E-state index contributed by atoms with van der Waals surface area (Å²) in [6.07, 6.45) is -1.79. The normalized spacial score (nSPS) is 20.0. The van der Waals surface area contributed by atoms with Gasteiger partial charge in [0.15, 0.2) is 0 Å². The molecule has 5 heterocycles. The Hall–Kier alpha value is -3.61. The zero-order valence-electron chi connectivity index (χ0n) is 22.6. The summed E-state index contributed by atoms with van der Waals surface area (Å²) in [5, 5.41) is 8.33. The predicted molar refractivity (Wildman–Crippen MR) is 178 cm³/mol. The van der Waals surface area contributed by atoms with Gasteiger partial charge >= 0.3 is 237 Å². The molecule has 40 heavy (non-hydrogen) atoms. The number of anilines is 1. The number of nitrogens with zero attached hydrogens (tertiary/aromatic N) is 1. The third-order valence-electron chi connectivity index (χ3n) is 10.5. The van der Waals surface area contributed by atoms with Crippen LogP contribution in [-0.2, 0) is 5.41 Å². The van der Waals surface area contributed by atoms with Gasteiger partial charge in [-0.25, -0.2) is 0 Å². The van der Waals surface area contributed by atoms with E-state index in [0.717, 1.165) is 0 Å². The Morgan fingerprint density at radius 3 is 2.33 bits per heavy atom. The molecule has 0 unspecified atom stereocenters. The Kier molecular flexibility index (Phi) is 3.77. The van der Waals surface area contributed by atoms with Crippen molar-refractivity contribution in [2.75, 3.05) is 5.09 Å². The number of hydrogen-bond acceptors (Lipinski definition) is 1. The van der Waals surface area contributed by atoms with Gasteiger partial charge in [-0.3, -0.25) is 0 Å². The van der Waals surface area contributed by atoms with E-state index >= 15 is 0 Å². The Morgan fingerprint density at radius 1 is 0.775 bits per heavy atom. The van der Waals surface area contributed by atoms with E-state index in [-0.39, 0.29) is 12.1 Å². The van der Waals surface area contributed by atoms with E-state index in [1.54, 1.807) is 0 Å². The van der Waals surface area contributed by atoms with E-state index in [2.05, 4.69) is 146 Å². The number of fused-ring (bicyclic) bond motifs is 8. The van der Waals surface area contributed by atoms with Crippen LogP contribution in [0.2, 0.25) is 0 Å². The van der Waals surface area contributed by atoms with Crippen LogP contribution in [0.5, 0.6) is 0 Å². The van der Waals surface area contributed by atoms with Crippen LogP contribution in [0, 0.1) is 0 Å². The van der Waals surface area contributed by atoms with Gasteiger partial charge in [0.1, 0.15) is 0 Å². The van der Waals surface area contributed by atoms with E-state index in [0.29, 0.717) is 6.21 Å². The molecule has 1 aromatic heterocycles. The molecule has 0 saturated carbocycles. The molecular weight excluding hydrogens is 499 g/mol. The Bertz CT molecular complexity index is 2110. The number of nitrogens with one attached hydrogen (secondary N) is 1. The van der Waals surface area contributed by atoms with Gasteiger partial charge in [0, 0.05) is 0 Å². The molecule has 2 nitrogen and oxygen atoms in total. The van der Waals surface area contributed by atoms with Crippen LogP contribution in [0.15, 0.2) is 109 Å². The molecule has 4 aliphatic rings. The molecule has 10 rings (SSSR count). The summed E-state index contributed by atoms with van der Waals surface area (Å²) in [4.78, 5) is 0. The first-order chi connectivity index (χ1) is 19.5. The summed E-state index contributed by atoms with van der Waals surface area (Å²) in [5.74, 6) is 0. The number of hydrogen-bond donors (Lipinski definition) is 1. The average Bonchev–Trinajstić information content (AvgIpc) is 3.77. The molecule has 3 radical (unpaired) electrons. The number of para-hydroxylation sites is 2. The van der Waals surface area contributed by atoms with E-state index in [4.69, 9.17) is 0 Å². The fraction of sp³-hybridized carbons (Fsp3) is 0.0909. The van der Waals surface area contributed by atoms with E-state index in [1.807, 2.05) is 0 Å². The summed E-state index contributed by atoms with van der Waals surface area (Å²) in [7, 11) is 0. The first-order valence-electron chi connectivity index (χ1n) is 14.4. The monoisotopic (exact) mass is 524 g/mol. The SMILES string of the molecule is CC1(C)c2ccccc2B2c3c(cccc31)-n1c3ccccc3c3cc(P45(Nc6ccccc6)[B]B4[B-]5)cc2c31. The third-order valence-corrected chi connectivity index (χ3v) is 15.5. The van der Waals surface area contributed by atoms with Gasteiger partial charge < -0.3 is 0 Å².